The summed E-state index contributed by atoms with van der Waals surface area (Å²) in [5.41, 5.74) is 6.00. The van der Waals surface area contributed by atoms with E-state index in [4.69, 9.17) is 5.73 Å². The molecule has 6 heteroatoms. The third-order valence-electron chi connectivity index (χ3n) is 4.54. The van der Waals surface area contributed by atoms with Crippen LogP contribution < -0.4 is 10.5 Å². The van der Waals surface area contributed by atoms with Crippen molar-refractivity contribution in [2.45, 2.75) is 38.6 Å². The first kappa shape index (κ1) is 14.8. The van der Waals surface area contributed by atoms with Crippen molar-refractivity contribution in [1.29, 1.82) is 0 Å². The minimum absolute atomic E-state index is 0.0487. The van der Waals surface area contributed by atoms with Crippen LogP contribution in [0, 0.1) is 10.8 Å². The molecule has 0 aliphatic heterocycles. The number of nitrogens with two attached hydrogens (primary N) is 1. The zero-order valence-corrected chi connectivity index (χ0v) is 13.9. The van der Waals surface area contributed by atoms with Gasteiger partial charge in [-0.05, 0) is 45.0 Å². The molecule has 0 bridgehead atoms. The number of nitrogens with one attached hydrogen (secondary N) is 1. The fourth-order valence-electron chi connectivity index (χ4n) is 2.44. The van der Waals surface area contributed by atoms with Crippen LogP contribution in [0.2, 0.25) is 0 Å². The first-order valence-electron chi connectivity index (χ1n) is 6.07. The standard InChI is InChI=1S/C13H19BrN2O2S/c1-12(2)11(13(12,3)4)16-19(17,18)10-7-8(15)5-6-9(10)14/h5-7,11,16H,15H2,1-4H3. The van der Waals surface area contributed by atoms with Crippen LogP contribution in [0.15, 0.2) is 27.6 Å². The number of anilines is 1. The summed E-state index contributed by atoms with van der Waals surface area (Å²) in [5.74, 6) is 0. The van der Waals surface area contributed by atoms with Gasteiger partial charge in [0.2, 0.25) is 10.0 Å². The SMILES string of the molecule is CC1(C)C(NS(=O)(=O)c2cc(N)ccc2Br)C1(C)C. The van der Waals surface area contributed by atoms with E-state index in [1.807, 2.05) is 0 Å². The van der Waals surface area contributed by atoms with E-state index in [0.29, 0.717) is 10.2 Å². The first-order chi connectivity index (χ1) is 8.50. The number of halogens is 1. The topological polar surface area (TPSA) is 72.2 Å². The lowest BCUT2D eigenvalue weighted by Crippen LogP contribution is -2.30. The number of benzene rings is 1. The van der Waals surface area contributed by atoms with Crippen LogP contribution in [0.3, 0.4) is 0 Å². The average molecular weight is 347 g/mol. The van der Waals surface area contributed by atoms with Gasteiger partial charge in [0.1, 0.15) is 0 Å². The van der Waals surface area contributed by atoms with E-state index in [1.165, 1.54) is 6.07 Å². The quantitative estimate of drug-likeness (QED) is 0.826. The maximum Gasteiger partial charge on any atom is 0.242 e. The van der Waals surface area contributed by atoms with Gasteiger partial charge in [0.15, 0.2) is 0 Å². The predicted molar refractivity (Wildman–Crippen MR) is 80.2 cm³/mol. The van der Waals surface area contributed by atoms with Crippen molar-refractivity contribution in [1.82, 2.24) is 4.72 Å². The van der Waals surface area contributed by atoms with Crippen LogP contribution in [0.5, 0.6) is 0 Å². The largest absolute Gasteiger partial charge is 0.399 e. The Kier molecular flexibility index (Phi) is 3.27. The number of rotatable bonds is 3. The van der Waals surface area contributed by atoms with Gasteiger partial charge in [-0.1, -0.05) is 27.7 Å². The average Bonchev–Trinajstić information content (AvgIpc) is 2.64. The highest BCUT2D eigenvalue weighted by molar-refractivity contribution is 9.10. The van der Waals surface area contributed by atoms with Crippen LogP contribution in [0.4, 0.5) is 5.69 Å². The van der Waals surface area contributed by atoms with Crippen molar-refractivity contribution < 1.29 is 8.42 Å². The molecule has 0 amide bonds. The lowest BCUT2D eigenvalue weighted by Gasteiger charge is -2.10. The van der Waals surface area contributed by atoms with Crippen LogP contribution in [-0.4, -0.2) is 14.5 Å². The summed E-state index contributed by atoms with van der Waals surface area (Å²) in [7, 11) is -3.57. The van der Waals surface area contributed by atoms with Crippen LogP contribution in [0.25, 0.3) is 0 Å². The second-order valence-electron chi connectivity index (χ2n) is 6.19. The Balaban J connectivity index is 2.33. The van der Waals surface area contributed by atoms with Crippen molar-refractivity contribution in [3.8, 4) is 0 Å². The Morgan fingerprint density at radius 1 is 1.21 bits per heavy atom. The molecule has 0 atom stereocenters. The van der Waals surface area contributed by atoms with Gasteiger partial charge >= 0.3 is 0 Å². The summed E-state index contributed by atoms with van der Waals surface area (Å²) < 4.78 is 28.2. The molecule has 3 N–H and O–H groups in total. The fourth-order valence-corrected chi connectivity index (χ4v) is 4.96. The van der Waals surface area contributed by atoms with Crippen LogP contribution in [0.1, 0.15) is 27.7 Å². The lowest BCUT2D eigenvalue weighted by atomic mass is 10.0. The van der Waals surface area contributed by atoms with Crippen LogP contribution >= 0.6 is 15.9 Å². The Hall–Kier alpha value is -0.590. The Morgan fingerprint density at radius 2 is 1.74 bits per heavy atom. The molecule has 0 heterocycles. The van der Waals surface area contributed by atoms with Gasteiger partial charge < -0.3 is 5.73 Å². The molecule has 1 aromatic rings. The Labute approximate surface area is 122 Å². The van der Waals surface area contributed by atoms with Crippen molar-refractivity contribution in [3.63, 3.8) is 0 Å². The third-order valence-corrected chi connectivity index (χ3v) is 6.96. The molecular weight excluding hydrogens is 328 g/mol. The second kappa shape index (κ2) is 4.20. The van der Waals surface area contributed by atoms with E-state index in [9.17, 15) is 8.42 Å². The van der Waals surface area contributed by atoms with E-state index < -0.39 is 10.0 Å². The third kappa shape index (κ3) is 2.30. The highest BCUT2D eigenvalue weighted by Crippen LogP contribution is 2.63. The predicted octanol–water partition coefficient (Wildman–Crippen LogP) is 2.74. The van der Waals surface area contributed by atoms with Gasteiger partial charge in [0, 0.05) is 16.2 Å². The highest BCUT2D eigenvalue weighted by atomic mass is 79.9. The molecule has 1 aliphatic rings. The summed E-state index contributed by atoms with van der Waals surface area (Å²) in [6, 6.07) is 4.70. The van der Waals surface area contributed by atoms with Crippen molar-refractivity contribution in [2.75, 3.05) is 5.73 Å². The number of hydrogen-bond acceptors (Lipinski definition) is 3. The molecule has 2 rings (SSSR count). The number of sulfonamides is 1. The molecular formula is C13H19BrN2O2S. The normalized spacial score (nSPS) is 21.3. The zero-order valence-electron chi connectivity index (χ0n) is 11.5. The molecule has 19 heavy (non-hydrogen) atoms. The smallest absolute Gasteiger partial charge is 0.242 e. The van der Waals surface area contributed by atoms with Gasteiger partial charge in [0.25, 0.3) is 0 Å². The maximum atomic E-state index is 12.4. The fraction of sp³-hybridized carbons (Fsp3) is 0.538. The summed E-state index contributed by atoms with van der Waals surface area (Å²) in [6.07, 6.45) is 0. The van der Waals surface area contributed by atoms with Crippen molar-refractivity contribution in [3.05, 3.63) is 22.7 Å². The van der Waals surface area contributed by atoms with Gasteiger partial charge in [-0.3, -0.25) is 0 Å². The summed E-state index contributed by atoms with van der Waals surface area (Å²) in [6.45, 7) is 8.26. The van der Waals surface area contributed by atoms with Gasteiger partial charge in [0.05, 0.1) is 4.90 Å². The van der Waals surface area contributed by atoms with E-state index in [2.05, 4.69) is 48.3 Å². The van der Waals surface area contributed by atoms with Crippen molar-refractivity contribution in [2.24, 2.45) is 10.8 Å². The monoisotopic (exact) mass is 346 g/mol. The van der Waals surface area contributed by atoms with Gasteiger partial charge in [-0.25, -0.2) is 13.1 Å². The highest BCUT2D eigenvalue weighted by Gasteiger charge is 2.66. The van der Waals surface area contributed by atoms with E-state index in [0.717, 1.165) is 0 Å². The Morgan fingerprint density at radius 3 is 2.21 bits per heavy atom. The van der Waals surface area contributed by atoms with Gasteiger partial charge in [-0.2, -0.15) is 0 Å². The maximum absolute atomic E-state index is 12.4. The lowest BCUT2D eigenvalue weighted by molar-refractivity contribution is 0.457. The molecule has 0 unspecified atom stereocenters. The minimum atomic E-state index is -3.57. The molecule has 1 fully saturated rings. The molecule has 0 saturated heterocycles. The van der Waals surface area contributed by atoms with E-state index >= 15 is 0 Å². The molecule has 4 nitrogen and oxygen atoms in total. The Bertz CT molecular complexity index is 610. The molecule has 0 spiro atoms. The number of nitrogen functional groups attached to an aromatic ring is 1. The molecule has 1 aliphatic carbocycles. The molecule has 1 aromatic carbocycles. The zero-order chi connectivity index (χ0) is 14.6. The molecule has 0 radical (unpaired) electrons. The molecule has 106 valence electrons. The molecule has 1 saturated carbocycles. The first-order valence-corrected chi connectivity index (χ1v) is 8.35. The number of hydrogen-bond donors (Lipinski definition) is 2. The second-order valence-corrected chi connectivity index (χ2v) is 8.72. The van der Waals surface area contributed by atoms with E-state index in [1.54, 1.807) is 12.1 Å². The van der Waals surface area contributed by atoms with Crippen molar-refractivity contribution >= 4 is 31.6 Å². The van der Waals surface area contributed by atoms with Crippen LogP contribution in [-0.2, 0) is 10.0 Å². The minimum Gasteiger partial charge on any atom is -0.399 e. The van der Waals surface area contributed by atoms with E-state index in [-0.39, 0.29) is 21.8 Å². The summed E-state index contributed by atoms with van der Waals surface area (Å²) in [5, 5.41) is 0. The van der Waals surface area contributed by atoms with Gasteiger partial charge in [-0.15, -0.1) is 0 Å². The molecule has 0 aromatic heterocycles. The summed E-state index contributed by atoms with van der Waals surface area (Å²) in [4.78, 5) is 0.186. The summed E-state index contributed by atoms with van der Waals surface area (Å²) >= 11 is 3.26.